The maximum absolute atomic E-state index is 12.6. The van der Waals surface area contributed by atoms with Crippen LogP contribution in [-0.4, -0.2) is 75.5 Å². The molecule has 294 valence electrons. The first kappa shape index (κ1) is 48.3. The Hall–Kier alpha value is -2.71. The first-order valence-electron chi connectivity index (χ1n) is 20.2. The van der Waals surface area contributed by atoms with Gasteiger partial charge in [-0.15, -0.1) is 0 Å². The third-order valence-electron chi connectivity index (χ3n) is 8.71. The molecule has 2 atom stereocenters. The van der Waals surface area contributed by atoms with Gasteiger partial charge < -0.3 is 28.6 Å². The Morgan fingerprint density at radius 3 is 1.69 bits per heavy atom. The first-order chi connectivity index (χ1) is 24.6. The van der Waals surface area contributed by atoms with E-state index in [9.17, 15) is 19.5 Å². The van der Waals surface area contributed by atoms with Gasteiger partial charge in [-0.2, -0.15) is 0 Å². The fraction of sp³-hybridized carbons (Fsp3) is 0.744. The number of aliphatic carboxylic acids is 1. The molecule has 8 nitrogen and oxygen atoms in total. The molecular formula is C43H75NO7. The van der Waals surface area contributed by atoms with Crippen LogP contribution in [0.2, 0.25) is 0 Å². The number of rotatable bonds is 35. The molecule has 0 spiro atoms. The van der Waals surface area contributed by atoms with E-state index in [1.54, 1.807) is 21.1 Å². The summed E-state index contributed by atoms with van der Waals surface area (Å²) in [4.78, 5) is 36.7. The summed E-state index contributed by atoms with van der Waals surface area (Å²) < 4.78 is 17.0. The second-order valence-electron chi connectivity index (χ2n) is 14.5. The number of hydrogen-bond acceptors (Lipinski definition) is 7. The molecule has 0 saturated heterocycles. The standard InChI is InChI=1S/C43H75NO7/c1-6-8-10-12-14-16-18-20-22-23-25-27-29-31-33-41(45)50-38-39(37-49-36-35-40(43(47)48)44(3,4)5)51-42(46)34-32-30-28-26-24-21-19-17-15-13-11-9-7-2/h8,10,14,16,21,24,28,30,39-40H,6-7,9,11-13,15,17-20,22-23,25-27,29,31-38H2,1-5H3/b10-8+,16-14+,24-21+,30-28+. The lowest BCUT2D eigenvalue weighted by Crippen LogP contribution is -2.55. The van der Waals surface area contributed by atoms with Gasteiger partial charge in [0.25, 0.3) is 0 Å². The minimum atomic E-state index is -1.14. The average Bonchev–Trinajstić information content (AvgIpc) is 3.08. The molecule has 8 heteroatoms. The maximum atomic E-state index is 12.6. The molecule has 0 aromatic carbocycles. The molecule has 2 unspecified atom stereocenters. The van der Waals surface area contributed by atoms with Gasteiger partial charge in [0.15, 0.2) is 6.10 Å². The lowest BCUT2D eigenvalue weighted by atomic mass is 10.1. The van der Waals surface area contributed by atoms with E-state index in [-0.39, 0.29) is 49.1 Å². The maximum Gasteiger partial charge on any atom is 0.306 e. The summed E-state index contributed by atoms with van der Waals surface area (Å²) in [5, 5.41) is 11.6. The van der Waals surface area contributed by atoms with Crippen LogP contribution in [0.1, 0.15) is 155 Å². The largest absolute Gasteiger partial charge is 0.544 e. The molecule has 0 fully saturated rings. The molecule has 0 aromatic rings. The molecule has 51 heavy (non-hydrogen) atoms. The van der Waals surface area contributed by atoms with Crippen molar-refractivity contribution < 1.29 is 38.2 Å². The zero-order valence-electron chi connectivity index (χ0n) is 33.3. The number of likely N-dealkylation sites (N-methyl/N-ethyl adjacent to an activating group) is 1. The van der Waals surface area contributed by atoms with Crippen LogP contribution >= 0.6 is 0 Å². The summed E-state index contributed by atoms with van der Waals surface area (Å²) in [7, 11) is 5.37. The Kier molecular flexibility index (Phi) is 32.6. The SMILES string of the molecule is CC/C=C/C/C=C/CCCCCCCCCC(=O)OCC(COCCC(C(=O)[O-])[N+](C)(C)C)OC(=O)CC/C=C/C/C=C/CCCCCCCC. The second-order valence-corrected chi connectivity index (χ2v) is 14.5. The Morgan fingerprint density at radius 1 is 0.608 bits per heavy atom. The van der Waals surface area contributed by atoms with Gasteiger partial charge in [0.2, 0.25) is 0 Å². The van der Waals surface area contributed by atoms with E-state index in [4.69, 9.17) is 14.2 Å². The van der Waals surface area contributed by atoms with Crippen LogP contribution in [0.5, 0.6) is 0 Å². The molecule has 0 N–H and O–H groups in total. The summed E-state index contributed by atoms with van der Waals surface area (Å²) in [5.41, 5.74) is 0. The number of carbonyl (C=O) groups is 3. The lowest BCUT2D eigenvalue weighted by Gasteiger charge is -2.34. The van der Waals surface area contributed by atoms with Crippen LogP contribution in [0.15, 0.2) is 48.6 Å². The minimum absolute atomic E-state index is 0.0147. The second kappa shape index (κ2) is 34.4. The van der Waals surface area contributed by atoms with E-state index >= 15 is 0 Å². The molecular weight excluding hydrogens is 642 g/mol. The minimum Gasteiger partial charge on any atom is -0.544 e. The van der Waals surface area contributed by atoms with Crippen molar-refractivity contribution in [3.05, 3.63) is 48.6 Å². The van der Waals surface area contributed by atoms with Crippen molar-refractivity contribution in [1.29, 1.82) is 0 Å². The van der Waals surface area contributed by atoms with Gasteiger partial charge >= 0.3 is 11.9 Å². The number of carboxylic acid groups (broad SMARTS) is 1. The number of hydrogen-bond donors (Lipinski definition) is 0. The monoisotopic (exact) mass is 718 g/mol. The van der Waals surface area contributed by atoms with Crippen LogP contribution in [0.4, 0.5) is 0 Å². The Labute approximate surface area is 312 Å². The number of carbonyl (C=O) groups excluding carboxylic acids is 3. The summed E-state index contributed by atoms with van der Waals surface area (Å²) in [6.07, 6.45) is 38.6. The molecule has 0 aliphatic heterocycles. The van der Waals surface area contributed by atoms with Crippen molar-refractivity contribution in [3.8, 4) is 0 Å². The van der Waals surface area contributed by atoms with Gasteiger partial charge in [0.05, 0.1) is 40.3 Å². The summed E-state index contributed by atoms with van der Waals surface area (Å²) >= 11 is 0. The van der Waals surface area contributed by atoms with Crippen molar-refractivity contribution in [2.75, 3.05) is 41.0 Å². The van der Waals surface area contributed by atoms with Gasteiger partial charge in [0, 0.05) is 19.3 Å². The molecule has 0 amide bonds. The predicted molar refractivity (Wildman–Crippen MR) is 208 cm³/mol. The van der Waals surface area contributed by atoms with Crippen molar-refractivity contribution in [3.63, 3.8) is 0 Å². The molecule has 0 aromatic heterocycles. The predicted octanol–water partition coefficient (Wildman–Crippen LogP) is 9.13. The third-order valence-corrected chi connectivity index (χ3v) is 8.71. The molecule has 0 aliphatic carbocycles. The summed E-state index contributed by atoms with van der Waals surface area (Å²) in [6, 6.07) is -0.735. The van der Waals surface area contributed by atoms with Crippen LogP contribution < -0.4 is 5.11 Å². The number of allylic oxidation sites excluding steroid dienone is 8. The van der Waals surface area contributed by atoms with E-state index in [1.807, 2.05) is 6.08 Å². The Bertz CT molecular complexity index is 979. The number of ether oxygens (including phenoxy) is 3. The normalized spacial score (nSPS) is 13.5. The van der Waals surface area contributed by atoms with Crippen LogP contribution in [0.3, 0.4) is 0 Å². The zero-order chi connectivity index (χ0) is 37.8. The smallest absolute Gasteiger partial charge is 0.306 e. The molecule has 0 heterocycles. The van der Waals surface area contributed by atoms with Crippen molar-refractivity contribution in [1.82, 2.24) is 0 Å². The van der Waals surface area contributed by atoms with Crippen molar-refractivity contribution in [2.45, 2.75) is 167 Å². The zero-order valence-corrected chi connectivity index (χ0v) is 33.3. The molecule has 0 rings (SSSR count). The van der Waals surface area contributed by atoms with Crippen LogP contribution in [-0.2, 0) is 28.6 Å². The van der Waals surface area contributed by atoms with Gasteiger partial charge in [-0.3, -0.25) is 9.59 Å². The molecule has 0 aliphatic rings. The number of unbranched alkanes of at least 4 members (excludes halogenated alkanes) is 13. The van der Waals surface area contributed by atoms with Gasteiger partial charge in [0.1, 0.15) is 12.6 Å². The van der Waals surface area contributed by atoms with E-state index in [0.29, 0.717) is 12.8 Å². The fourth-order valence-corrected chi connectivity index (χ4v) is 5.57. The van der Waals surface area contributed by atoms with Gasteiger partial charge in [-0.25, -0.2) is 0 Å². The van der Waals surface area contributed by atoms with Crippen LogP contribution in [0.25, 0.3) is 0 Å². The molecule has 0 saturated carbocycles. The average molecular weight is 718 g/mol. The van der Waals surface area contributed by atoms with Crippen molar-refractivity contribution in [2.24, 2.45) is 0 Å². The highest BCUT2D eigenvalue weighted by Crippen LogP contribution is 2.12. The Morgan fingerprint density at radius 2 is 1.14 bits per heavy atom. The Balaban J connectivity index is 4.48. The highest BCUT2D eigenvalue weighted by molar-refractivity contribution is 5.70. The first-order valence-corrected chi connectivity index (χ1v) is 20.2. The van der Waals surface area contributed by atoms with E-state index < -0.39 is 18.1 Å². The topological polar surface area (TPSA) is 102 Å². The summed E-state index contributed by atoms with van der Waals surface area (Å²) in [5.74, 6) is -1.84. The van der Waals surface area contributed by atoms with Gasteiger partial charge in [-0.05, 0) is 57.8 Å². The number of nitrogens with zero attached hydrogens (tertiary/aromatic N) is 1. The lowest BCUT2D eigenvalue weighted by molar-refractivity contribution is -0.889. The number of quaternary nitrogens is 1. The fourth-order valence-electron chi connectivity index (χ4n) is 5.57. The molecule has 0 bridgehead atoms. The van der Waals surface area contributed by atoms with E-state index in [2.05, 4.69) is 56.4 Å². The van der Waals surface area contributed by atoms with E-state index in [1.165, 1.54) is 64.2 Å². The van der Waals surface area contributed by atoms with Crippen molar-refractivity contribution >= 4 is 17.9 Å². The van der Waals surface area contributed by atoms with E-state index in [0.717, 1.165) is 51.4 Å². The highest BCUT2D eigenvalue weighted by atomic mass is 16.6. The quantitative estimate of drug-likeness (QED) is 0.0279. The third kappa shape index (κ3) is 32.9. The number of esters is 2. The van der Waals surface area contributed by atoms with Crippen LogP contribution in [0, 0.1) is 0 Å². The van der Waals surface area contributed by atoms with Gasteiger partial charge in [-0.1, -0.05) is 127 Å². The summed E-state index contributed by atoms with van der Waals surface area (Å²) in [6.45, 7) is 4.46. The number of carboxylic acids is 1. The molecule has 0 radical (unpaired) electrons. The highest BCUT2D eigenvalue weighted by Gasteiger charge is 2.25.